The van der Waals surface area contributed by atoms with E-state index in [0.29, 0.717) is 5.69 Å². The number of aliphatic carboxylic acids is 1. The van der Waals surface area contributed by atoms with E-state index in [1.165, 1.54) is 30.9 Å². The van der Waals surface area contributed by atoms with E-state index in [1.54, 1.807) is 0 Å². The van der Waals surface area contributed by atoms with Crippen LogP contribution in [0.3, 0.4) is 0 Å². The van der Waals surface area contributed by atoms with Gasteiger partial charge < -0.3 is 41.5 Å². The van der Waals surface area contributed by atoms with Crippen LogP contribution in [0.5, 0.6) is 11.5 Å². The van der Waals surface area contributed by atoms with Crippen molar-refractivity contribution >= 4 is 12.2 Å². The number of imidazole rings is 1. The number of rotatable bonds is 5. The molecule has 0 aliphatic carbocycles. The molecule has 2 rings (SSSR count). The van der Waals surface area contributed by atoms with Crippen molar-refractivity contribution < 1.29 is 53.0 Å². The molecule has 0 unspecified atom stereocenters. The molecule has 1 heterocycles. The molecule has 136 valence electrons. The van der Waals surface area contributed by atoms with Gasteiger partial charge in [0.2, 0.25) is 0 Å². The minimum Gasteiger partial charge on any atom is -0.872 e. The number of phenols is 1. The number of aromatic amines is 1. The Labute approximate surface area is 146 Å². The van der Waals surface area contributed by atoms with Crippen molar-refractivity contribution in [1.82, 2.24) is 9.97 Å². The maximum absolute atomic E-state index is 11.5. The fraction of sp³-hybridized carbons (Fsp3) is 0.154. The second-order valence-corrected chi connectivity index (χ2v) is 4.12. The van der Waals surface area contributed by atoms with Crippen molar-refractivity contribution in [3.63, 3.8) is 0 Å². The molecule has 11 heteroatoms. The molecule has 0 fully saturated rings. The third-order valence-electron chi connectivity index (χ3n) is 2.63. The van der Waals surface area contributed by atoms with Gasteiger partial charge in [0.1, 0.15) is 5.75 Å². The fourth-order valence-electron chi connectivity index (χ4n) is 1.60. The molecule has 2 aromatic rings. The van der Waals surface area contributed by atoms with Crippen molar-refractivity contribution in [2.45, 2.75) is 12.5 Å². The van der Waals surface area contributed by atoms with E-state index in [2.05, 4.69) is 15.0 Å². The number of aliphatic imine (C=N–C) groups is 1. The molecular formula is C13H17N3NiO7. The van der Waals surface area contributed by atoms with Gasteiger partial charge in [-0.1, -0.05) is 11.8 Å². The summed E-state index contributed by atoms with van der Waals surface area (Å²) >= 11 is 0. The Hall–Kier alpha value is -2.46. The molecule has 1 aromatic heterocycles. The van der Waals surface area contributed by atoms with Gasteiger partial charge >= 0.3 is 16.5 Å². The molecular weight excluding hydrogens is 369 g/mol. The Morgan fingerprint density at radius 3 is 2.54 bits per heavy atom. The molecule has 0 aliphatic rings. The van der Waals surface area contributed by atoms with Crippen molar-refractivity contribution in [3.05, 3.63) is 42.0 Å². The molecule has 0 radical (unpaired) electrons. The van der Waals surface area contributed by atoms with E-state index in [4.69, 9.17) is 5.11 Å². The molecule has 0 bridgehead atoms. The molecule has 8 N–H and O–H groups in total. The van der Waals surface area contributed by atoms with Crippen molar-refractivity contribution in [2.75, 3.05) is 0 Å². The van der Waals surface area contributed by atoms with Crippen molar-refractivity contribution in [3.8, 4) is 11.5 Å². The number of nitrogens with zero attached hydrogens (tertiary/aromatic N) is 2. The van der Waals surface area contributed by atoms with Crippen LogP contribution < -0.4 is 10.2 Å². The molecule has 0 amide bonds. The van der Waals surface area contributed by atoms with Crippen LogP contribution >= 0.6 is 0 Å². The summed E-state index contributed by atoms with van der Waals surface area (Å²) in [5.41, 5.74) is 0.795. The third kappa shape index (κ3) is 7.20. The minimum atomic E-state index is -1.35. The second-order valence-electron chi connectivity index (χ2n) is 4.12. The van der Waals surface area contributed by atoms with E-state index >= 15 is 0 Å². The van der Waals surface area contributed by atoms with E-state index in [1.807, 2.05) is 0 Å². The first kappa shape index (κ1) is 26.4. The summed E-state index contributed by atoms with van der Waals surface area (Å²) in [6, 6.07) is 2.60. The van der Waals surface area contributed by atoms with Crippen LogP contribution in [-0.2, 0) is 27.7 Å². The van der Waals surface area contributed by atoms with Crippen LogP contribution in [0.25, 0.3) is 0 Å². The molecule has 0 aliphatic heterocycles. The maximum atomic E-state index is 11.5. The summed E-state index contributed by atoms with van der Waals surface area (Å²) in [5, 5.41) is 31.6. The average Bonchev–Trinajstić information content (AvgIpc) is 2.88. The maximum Gasteiger partial charge on any atom is 2.00 e. The van der Waals surface area contributed by atoms with E-state index in [9.17, 15) is 15.0 Å². The van der Waals surface area contributed by atoms with Crippen molar-refractivity contribution in [1.29, 1.82) is 0 Å². The first-order chi connectivity index (χ1) is 9.56. The zero-order valence-electron chi connectivity index (χ0n) is 12.1. The van der Waals surface area contributed by atoms with Gasteiger partial charge in [0.05, 0.1) is 18.3 Å². The van der Waals surface area contributed by atoms with E-state index < -0.39 is 17.8 Å². The number of hydrogen-bond acceptors (Lipinski definition) is 6. The fourth-order valence-corrected chi connectivity index (χ4v) is 1.60. The number of carbonyl (C=O) groups excluding carboxylic acids is 1. The Kier molecular flexibility index (Phi) is 13.2. The summed E-state index contributed by atoms with van der Waals surface area (Å²) in [5.74, 6) is -1.93. The standard InChI is InChI=1S/C13H13N3O4.Ni.3H2O/c17-10-2-1-8(12(18)4-10)5-15-11(13(19)20)3-9-6-14-7-16-9;;;;/h1-2,4-7,11,17-18H,3H2,(H,14,16)(H,19,20);;3*1H2/q;+2;;;/p-2/t11-;;;;/m0..../s1. The number of hydrogen-bond donors (Lipinski definition) is 2. The van der Waals surface area contributed by atoms with Crippen LogP contribution in [0.15, 0.2) is 35.7 Å². The first-order valence-corrected chi connectivity index (χ1v) is 5.77. The number of benzene rings is 1. The Morgan fingerprint density at radius 1 is 1.38 bits per heavy atom. The number of carboxylic acids is 1. The number of nitrogens with one attached hydrogen (secondary N) is 1. The number of aromatic hydroxyl groups is 1. The monoisotopic (exact) mass is 385 g/mol. The van der Waals surface area contributed by atoms with Crippen LogP contribution in [0, 0.1) is 0 Å². The SMILES string of the molecule is O.O.O.O=C([O-])[C@H](Cc1cnc[nH]1)N=Cc1ccc(O)cc1[O-].[Ni+2]. The van der Waals surface area contributed by atoms with Gasteiger partial charge in [0, 0.05) is 24.5 Å². The average molecular weight is 386 g/mol. The van der Waals surface area contributed by atoms with Gasteiger partial charge in [-0.3, -0.25) is 4.99 Å². The van der Waals surface area contributed by atoms with E-state index in [-0.39, 0.29) is 50.7 Å². The quantitative estimate of drug-likeness (QED) is 0.393. The Balaban J connectivity index is -0.00000110. The van der Waals surface area contributed by atoms with E-state index in [0.717, 1.165) is 6.07 Å². The summed E-state index contributed by atoms with van der Waals surface area (Å²) in [6.07, 6.45) is 4.18. The number of aromatic nitrogens is 2. The van der Waals surface area contributed by atoms with Gasteiger partial charge in [0.15, 0.2) is 0 Å². The van der Waals surface area contributed by atoms with Crippen LogP contribution in [0.2, 0.25) is 0 Å². The topological polar surface area (TPSA) is 219 Å². The van der Waals surface area contributed by atoms with Gasteiger partial charge in [-0.15, -0.1) is 0 Å². The van der Waals surface area contributed by atoms with Gasteiger partial charge in [-0.25, -0.2) is 4.98 Å². The molecule has 0 saturated heterocycles. The van der Waals surface area contributed by atoms with Gasteiger partial charge in [-0.2, -0.15) is 0 Å². The van der Waals surface area contributed by atoms with Crippen LogP contribution in [0.4, 0.5) is 0 Å². The molecule has 24 heavy (non-hydrogen) atoms. The van der Waals surface area contributed by atoms with Crippen LogP contribution in [0.1, 0.15) is 11.3 Å². The largest absolute Gasteiger partial charge is 2.00 e. The molecule has 1 atom stereocenters. The number of carboxylic acid groups (broad SMARTS) is 1. The number of phenolic OH excluding ortho intramolecular Hbond substituents is 1. The van der Waals surface area contributed by atoms with Gasteiger partial charge in [-0.05, 0) is 17.7 Å². The molecule has 0 saturated carbocycles. The summed E-state index contributed by atoms with van der Waals surface area (Å²) in [7, 11) is 0. The zero-order chi connectivity index (χ0) is 14.5. The third-order valence-corrected chi connectivity index (χ3v) is 2.63. The number of carbonyl (C=O) groups is 1. The predicted molar refractivity (Wildman–Crippen MR) is 77.1 cm³/mol. The minimum absolute atomic E-state index is 0. The molecule has 10 nitrogen and oxygen atoms in total. The van der Waals surface area contributed by atoms with Crippen LogP contribution in [-0.4, -0.2) is 49.7 Å². The molecule has 0 spiro atoms. The smallest absolute Gasteiger partial charge is 0.872 e. The van der Waals surface area contributed by atoms with Crippen molar-refractivity contribution in [2.24, 2.45) is 4.99 Å². The summed E-state index contributed by atoms with van der Waals surface area (Å²) in [6.45, 7) is 0. The Bertz CT molecular complexity index is 635. The first-order valence-electron chi connectivity index (χ1n) is 5.77. The second kappa shape index (κ2) is 12.0. The normalized spacial score (nSPS) is 10.5. The zero-order valence-corrected chi connectivity index (χ0v) is 13.1. The van der Waals surface area contributed by atoms with Gasteiger partial charge in [0.25, 0.3) is 0 Å². The predicted octanol–water partition coefficient (Wildman–Crippen LogP) is -3.51. The molecule has 1 aromatic carbocycles. The summed E-state index contributed by atoms with van der Waals surface area (Å²) in [4.78, 5) is 21.4. The number of H-pyrrole nitrogens is 1. The summed E-state index contributed by atoms with van der Waals surface area (Å²) < 4.78 is 0. The Morgan fingerprint density at radius 2 is 2.04 bits per heavy atom.